The molecule has 2 N–H and O–H groups in total. The lowest BCUT2D eigenvalue weighted by molar-refractivity contribution is -0.128. The van der Waals surface area contributed by atoms with Crippen molar-refractivity contribution in [1.29, 1.82) is 0 Å². The number of nitrogens with two attached hydrogens (primary N) is 1. The molecule has 0 unspecified atom stereocenters. The Hall–Kier alpha value is -1.06. The number of carbonyl (C=O) groups excluding carboxylic acids is 2. The van der Waals surface area contributed by atoms with Crippen LogP contribution in [0.15, 0.2) is 0 Å². The van der Waals surface area contributed by atoms with Crippen molar-refractivity contribution in [3.63, 3.8) is 0 Å². The largest absolute Gasteiger partial charge is 0.351 e. The molecule has 1 atom stereocenters. The highest BCUT2D eigenvalue weighted by atomic mass is 16.2. The molecule has 16 heavy (non-hydrogen) atoms. The zero-order valence-corrected chi connectivity index (χ0v) is 9.65. The van der Waals surface area contributed by atoms with Crippen molar-refractivity contribution in [2.24, 2.45) is 11.7 Å². The van der Waals surface area contributed by atoms with Gasteiger partial charge in [0.15, 0.2) is 5.78 Å². The Kier molecular flexibility index (Phi) is 3.46. The molecule has 4 heteroatoms. The Balaban J connectivity index is 2.04. The summed E-state index contributed by atoms with van der Waals surface area (Å²) in [5, 5.41) is 0. The average molecular weight is 224 g/mol. The van der Waals surface area contributed by atoms with Gasteiger partial charge in [0.1, 0.15) is 0 Å². The molecule has 1 heterocycles. The van der Waals surface area contributed by atoms with E-state index in [1.54, 1.807) is 4.90 Å². The lowest BCUT2D eigenvalue weighted by Gasteiger charge is -2.34. The number of Topliss-reactive ketones (excluding diaryl/α,β-unsaturated/α-hetero) is 1. The summed E-state index contributed by atoms with van der Waals surface area (Å²) in [6.45, 7) is 0.651. The number of amides is 2. The molecule has 0 aromatic heterocycles. The first kappa shape index (κ1) is 11.4. The maximum absolute atomic E-state index is 12.3. The van der Waals surface area contributed by atoms with Crippen LogP contribution in [-0.2, 0) is 4.79 Å². The van der Waals surface area contributed by atoms with Gasteiger partial charge in [0.2, 0.25) is 0 Å². The third kappa shape index (κ3) is 2.20. The van der Waals surface area contributed by atoms with Gasteiger partial charge in [-0.1, -0.05) is 12.8 Å². The number of carbonyl (C=O) groups is 2. The molecule has 1 saturated heterocycles. The molecule has 2 rings (SSSR count). The first-order valence-electron chi connectivity index (χ1n) is 6.30. The second-order valence-electron chi connectivity index (χ2n) is 4.93. The predicted molar refractivity (Wildman–Crippen MR) is 60.9 cm³/mol. The van der Waals surface area contributed by atoms with Crippen molar-refractivity contribution in [3.8, 4) is 0 Å². The van der Waals surface area contributed by atoms with E-state index >= 15 is 0 Å². The van der Waals surface area contributed by atoms with E-state index in [1.807, 2.05) is 0 Å². The van der Waals surface area contributed by atoms with Gasteiger partial charge >= 0.3 is 6.03 Å². The topological polar surface area (TPSA) is 63.4 Å². The number of rotatable bonds is 2. The maximum atomic E-state index is 12.3. The highest BCUT2D eigenvalue weighted by Gasteiger charge is 2.35. The zero-order chi connectivity index (χ0) is 11.5. The highest BCUT2D eigenvalue weighted by Crippen LogP contribution is 2.30. The van der Waals surface area contributed by atoms with Gasteiger partial charge in [-0.25, -0.2) is 4.79 Å². The van der Waals surface area contributed by atoms with Gasteiger partial charge in [0.05, 0.1) is 6.04 Å². The Morgan fingerprint density at radius 1 is 1.00 bits per heavy atom. The van der Waals surface area contributed by atoms with E-state index in [-0.39, 0.29) is 17.7 Å². The van der Waals surface area contributed by atoms with E-state index in [4.69, 9.17) is 5.73 Å². The quantitative estimate of drug-likeness (QED) is 0.775. The lowest BCUT2D eigenvalue weighted by atomic mass is 9.90. The molecule has 0 bridgehead atoms. The minimum absolute atomic E-state index is 0.185. The van der Waals surface area contributed by atoms with Crippen molar-refractivity contribution in [3.05, 3.63) is 0 Å². The summed E-state index contributed by atoms with van der Waals surface area (Å²) in [4.78, 5) is 25.1. The average Bonchev–Trinajstić information content (AvgIpc) is 2.81. The fourth-order valence-corrected chi connectivity index (χ4v) is 2.97. The van der Waals surface area contributed by atoms with E-state index in [0.717, 1.165) is 44.9 Å². The van der Waals surface area contributed by atoms with Crippen molar-refractivity contribution in [1.82, 2.24) is 4.90 Å². The first-order chi connectivity index (χ1) is 7.70. The number of urea groups is 1. The van der Waals surface area contributed by atoms with Crippen LogP contribution >= 0.6 is 0 Å². The summed E-state index contributed by atoms with van der Waals surface area (Å²) in [5.41, 5.74) is 5.33. The molecule has 4 nitrogen and oxygen atoms in total. The monoisotopic (exact) mass is 224 g/mol. The van der Waals surface area contributed by atoms with Gasteiger partial charge in [-0.05, 0) is 32.1 Å². The maximum Gasteiger partial charge on any atom is 0.315 e. The van der Waals surface area contributed by atoms with Crippen LogP contribution in [-0.4, -0.2) is 29.3 Å². The number of hydrogen-bond donors (Lipinski definition) is 1. The van der Waals surface area contributed by atoms with E-state index in [2.05, 4.69) is 0 Å². The summed E-state index contributed by atoms with van der Waals surface area (Å²) < 4.78 is 0. The van der Waals surface area contributed by atoms with Gasteiger partial charge in [0.25, 0.3) is 0 Å². The third-order valence-corrected chi connectivity index (χ3v) is 3.87. The Labute approximate surface area is 96.2 Å². The van der Waals surface area contributed by atoms with E-state index < -0.39 is 6.03 Å². The molecule has 2 amide bonds. The number of nitrogens with zero attached hydrogens (tertiary/aromatic N) is 1. The molecule has 1 saturated carbocycles. The molecular formula is C12H20N2O2. The van der Waals surface area contributed by atoms with Crippen LogP contribution in [0.25, 0.3) is 0 Å². The Morgan fingerprint density at radius 3 is 2.25 bits per heavy atom. The lowest BCUT2D eigenvalue weighted by Crippen LogP contribution is -2.51. The highest BCUT2D eigenvalue weighted by molar-refractivity contribution is 5.90. The summed E-state index contributed by atoms with van der Waals surface area (Å²) in [6, 6.07) is -0.662. The van der Waals surface area contributed by atoms with Crippen molar-refractivity contribution >= 4 is 11.8 Å². The van der Waals surface area contributed by atoms with E-state index in [0.29, 0.717) is 6.54 Å². The van der Waals surface area contributed by atoms with Crippen molar-refractivity contribution in [2.75, 3.05) is 6.54 Å². The van der Waals surface area contributed by atoms with Gasteiger partial charge in [-0.3, -0.25) is 4.79 Å². The standard InChI is InChI=1S/C12H20N2O2/c13-12(16)14-8-4-3-7-10(14)11(15)9-5-1-2-6-9/h9-10H,1-8H2,(H2,13,16)/t10-/m0/s1. The number of primary amides is 1. The molecular weight excluding hydrogens is 204 g/mol. The minimum Gasteiger partial charge on any atom is -0.351 e. The number of likely N-dealkylation sites (tertiary alicyclic amines) is 1. The van der Waals surface area contributed by atoms with Crippen LogP contribution in [0.5, 0.6) is 0 Å². The summed E-state index contributed by atoms with van der Waals surface area (Å²) in [6.07, 6.45) is 7.12. The molecule has 1 aliphatic carbocycles. The number of hydrogen-bond acceptors (Lipinski definition) is 2. The van der Waals surface area contributed by atoms with E-state index in [9.17, 15) is 9.59 Å². The Morgan fingerprint density at radius 2 is 1.62 bits per heavy atom. The summed E-state index contributed by atoms with van der Waals surface area (Å²) in [7, 11) is 0. The molecule has 2 aliphatic rings. The minimum atomic E-state index is -0.434. The SMILES string of the molecule is NC(=O)N1CCCC[C@H]1C(=O)C1CCCC1. The van der Waals surface area contributed by atoms with Crippen LogP contribution in [0.1, 0.15) is 44.9 Å². The van der Waals surface area contributed by atoms with Gasteiger partial charge in [0, 0.05) is 12.5 Å². The second kappa shape index (κ2) is 4.85. The number of ketones is 1. The van der Waals surface area contributed by atoms with E-state index in [1.165, 1.54) is 0 Å². The molecule has 0 radical (unpaired) electrons. The molecule has 0 aromatic rings. The van der Waals surface area contributed by atoms with Crippen LogP contribution in [0, 0.1) is 5.92 Å². The number of piperidine rings is 1. The molecule has 90 valence electrons. The second-order valence-corrected chi connectivity index (χ2v) is 4.93. The molecule has 2 fully saturated rings. The van der Waals surface area contributed by atoms with Crippen LogP contribution in [0.2, 0.25) is 0 Å². The smallest absolute Gasteiger partial charge is 0.315 e. The summed E-state index contributed by atoms with van der Waals surface area (Å²) >= 11 is 0. The summed E-state index contributed by atoms with van der Waals surface area (Å²) in [5.74, 6) is 0.445. The van der Waals surface area contributed by atoms with Gasteiger partial charge in [-0.15, -0.1) is 0 Å². The van der Waals surface area contributed by atoms with Crippen molar-refractivity contribution in [2.45, 2.75) is 51.0 Å². The zero-order valence-electron chi connectivity index (χ0n) is 9.65. The van der Waals surface area contributed by atoms with Crippen molar-refractivity contribution < 1.29 is 9.59 Å². The van der Waals surface area contributed by atoms with Gasteiger partial charge < -0.3 is 10.6 Å². The molecule has 0 spiro atoms. The van der Waals surface area contributed by atoms with Gasteiger partial charge in [-0.2, -0.15) is 0 Å². The normalized spacial score (nSPS) is 27.0. The fraction of sp³-hybridized carbons (Fsp3) is 0.833. The van der Waals surface area contributed by atoms with Crippen LogP contribution in [0.4, 0.5) is 4.79 Å². The fourth-order valence-electron chi connectivity index (χ4n) is 2.97. The Bertz CT molecular complexity index is 285. The third-order valence-electron chi connectivity index (χ3n) is 3.87. The predicted octanol–water partition coefficient (Wildman–Crippen LogP) is 1.68. The molecule has 1 aliphatic heterocycles. The van der Waals surface area contributed by atoms with Crippen LogP contribution < -0.4 is 5.73 Å². The molecule has 0 aromatic carbocycles. The first-order valence-corrected chi connectivity index (χ1v) is 6.30. The van der Waals surface area contributed by atoms with Crippen LogP contribution in [0.3, 0.4) is 0 Å².